The first-order valence-electron chi connectivity index (χ1n) is 5.94. The van der Waals surface area contributed by atoms with Gasteiger partial charge in [0, 0.05) is 16.9 Å². The van der Waals surface area contributed by atoms with Crippen LogP contribution in [0.2, 0.25) is 0 Å². The summed E-state index contributed by atoms with van der Waals surface area (Å²) in [6.45, 7) is 5.03. The van der Waals surface area contributed by atoms with E-state index >= 15 is 0 Å². The summed E-state index contributed by atoms with van der Waals surface area (Å²) < 4.78 is 0. The molecule has 0 amide bonds. The molecule has 0 spiro atoms. The summed E-state index contributed by atoms with van der Waals surface area (Å²) in [6, 6.07) is 8.37. The molecule has 90 valence electrons. The first-order valence-corrected chi connectivity index (χ1v) is 6.82. The molecule has 0 saturated carbocycles. The van der Waals surface area contributed by atoms with E-state index in [0.29, 0.717) is 5.92 Å². The smallest absolute Gasteiger partial charge is 0.0961 e. The molecular formula is C14H18N2S. The molecule has 0 radical (unpaired) electrons. The second kappa shape index (κ2) is 5.43. The number of nitrogens with zero attached hydrogens (tertiary/aromatic N) is 1. The summed E-state index contributed by atoms with van der Waals surface area (Å²) in [5.41, 5.74) is 9.18. The van der Waals surface area contributed by atoms with E-state index in [1.165, 1.54) is 16.1 Å². The Kier molecular flexibility index (Phi) is 3.92. The van der Waals surface area contributed by atoms with Crippen molar-refractivity contribution in [3.63, 3.8) is 0 Å². The number of hydrogen-bond donors (Lipinski definition) is 1. The van der Waals surface area contributed by atoms with Gasteiger partial charge in [0.25, 0.3) is 0 Å². The summed E-state index contributed by atoms with van der Waals surface area (Å²) in [5.74, 6) is 0.461. The van der Waals surface area contributed by atoms with Crippen LogP contribution in [0.25, 0.3) is 11.3 Å². The second-order valence-electron chi connectivity index (χ2n) is 4.36. The van der Waals surface area contributed by atoms with E-state index in [-0.39, 0.29) is 0 Å². The molecule has 0 aliphatic heterocycles. The normalized spacial score (nSPS) is 12.6. The summed E-state index contributed by atoms with van der Waals surface area (Å²) in [7, 11) is 0. The lowest BCUT2D eigenvalue weighted by Crippen LogP contribution is -2.04. The van der Waals surface area contributed by atoms with Crippen LogP contribution in [-0.2, 0) is 0 Å². The highest BCUT2D eigenvalue weighted by molar-refractivity contribution is 7.10. The highest BCUT2D eigenvalue weighted by atomic mass is 32.1. The van der Waals surface area contributed by atoms with Gasteiger partial charge in [-0.05, 0) is 25.5 Å². The molecule has 1 aromatic heterocycles. The van der Waals surface area contributed by atoms with Crippen molar-refractivity contribution >= 4 is 11.3 Å². The third-order valence-corrected chi connectivity index (χ3v) is 4.04. The number of aromatic nitrogens is 1. The van der Waals surface area contributed by atoms with Gasteiger partial charge in [0.2, 0.25) is 0 Å². The number of aryl methyl sites for hydroxylation is 1. The Morgan fingerprint density at radius 2 is 2.12 bits per heavy atom. The molecule has 0 aliphatic rings. The van der Waals surface area contributed by atoms with Crippen LogP contribution >= 0.6 is 11.3 Å². The standard InChI is InChI=1S/C14H18N2S/c1-10-5-3-4-6-12(10)13-9-17-14(16-13)11(2)7-8-15/h3-6,9,11H,7-8,15H2,1-2H3. The Morgan fingerprint density at radius 1 is 1.35 bits per heavy atom. The van der Waals surface area contributed by atoms with Gasteiger partial charge in [-0.3, -0.25) is 0 Å². The van der Waals surface area contributed by atoms with E-state index in [4.69, 9.17) is 10.7 Å². The van der Waals surface area contributed by atoms with Gasteiger partial charge in [-0.2, -0.15) is 0 Å². The predicted molar refractivity (Wildman–Crippen MR) is 74.4 cm³/mol. The Labute approximate surface area is 107 Å². The Bertz CT molecular complexity index is 490. The quantitative estimate of drug-likeness (QED) is 0.895. The van der Waals surface area contributed by atoms with E-state index in [1.807, 2.05) is 0 Å². The topological polar surface area (TPSA) is 38.9 Å². The Morgan fingerprint density at radius 3 is 2.82 bits per heavy atom. The minimum atomic E-state index is 0.461. The van der Waals surface area contributed by atoms with Gasteiger partial charge in [0.1, 0.15) is 0 Å². The van der Waals surface area contributed by atoms with Crippen molar-refractivity contribution < 1.29 is 0 Å². The average molecular weight is 246 g/mol. The maximum absolute atomic E-state index is 5.59. The number of benzene rings is 1. The zero-order valence-corrected chi connectivity index (χ0v) is 11.1. The Balaban J connectivity index is 2.27. The van der Waals surface area contributed by atoms with Crippen molar-refractivity contribution in [3.8, 4) is 11.3 Å². The SMILES string of the molecule is Cc1ccccc1-c1csc(C(C)CCN)n1. The molecule has 1 heterocycles. The molecule has 0 fully saturated rings. The van der Waals surface area contributed by atoms with Crippen molar-refractivity contribution in [3.05, 3.63) is 40.2 Å². The summed E-state index contributed by atoms with van der Waals surface area (Å²) >= 11 is 1.73. The zero-order chi connectivity index (χ0) is 12.3. The van der Waals surface area contributed by atoms with Gasteiger partial charge in [0.05, 0.1) is 10.7 Å². The van der Waals surface area contributed by atoms with Gasteiger partial charge >= 0.3 is 0 Å². The summed E-state index contributed by atoms with van der Waals surface area (Å²) in [6.07, 6.45) is 1.00. The number of nitrogens with two attached hydrogens (primary N) is 1. The first kappa shape index (κ1) is 12.3. The van der Waals surface area contributed by atoms with E-state index in [9.17, 15) is 0 Å². The van der Waals surface area contributed by atoms with Crippen molar-refractivity contribution in [1.82, 2.24) is 4.98 Å². The van der Waals surface area contributed by atoms with Crippen LogP contribution in [0.4, 0.5) is 0 Å². The van der Waals surface area contributed by atoms with Gasteiger partial charge in [-0.25, -0.2) is 4.98 Å². The van der Waals surface area contributed by atoms with Crippen LogP contribution in [0, 0.1) is 6.92 Å². The molecule has 3 heteroatoms. The fourth-order valence-electron chi connectivity index (χ4n) is 1.87. The van der Waals surface area contributed by atoms with Gasteiger partial charge in [0.15, 0.2) is 0 Å². The van der Waals surface area contributed by atoms with Crippen molar-refractivity contribution in [2.45, 2.75) is 26.2 Å². The summed E-state index contributed by atoms with van der Waals surface area (Å²) in [5, 5.41) is 3.33. The first-order chi connectivity index (χ1) is 8.22. The van der Waals surface area contributed by atoms with Gasteiger partial charge in [-0.15, -0.1) is 11.3 Å². The van der Waals surface area contributed by atoms with Gasteiger partial charge in [-0.1, -0.05) is 31.2 Å². The van der Waals surface area contributed by atoms with Crippen molar-refractivity contribution in [2.75, 3.05) is 6.54 Å². The molecule has 1 atom stereocenters. The highest BCUT2D eigenvalue weighted by Crippen LogP contribution is 2.29. The second-order valence-corrected chi connectivity index (χ2v) is 5.25. The highest BCUT2D eigenvalue weighted by Gasteiger charge is 2.11. The van der Waals surface area contributed by atoms with Crippen molar-refractivity contribution in [1.29, 1.82) is 0 Å². The Hall–Kier alpha value is -1.19. The van der Waals surface area contributed by atoms with Gasteiger partial charge < -0.3 is 5.73 Å². The molecule has 1 unspecified atom stereocenters. The van der Waals surface area contributed by atoms with E-state index < -0.39 is 0 Å². The molecule has 2 aromatic rings. The molecule has 17 heavy (non-hydrogen) atoms. The van der Waals surface area contributed by atoms with Crippen LogP contribution < -0.4 is 5.73 Å². The molecule has 2 nitrogen and oxygen atoms in total. The number of thiazole rings is 1. The molecular weight excluding hydrogens is 228 g/mol. The monoisotopic (exact) mass is 246 g/mol. The number of hydrogen-bond acceptors (Lipinski definition) is 3. The van der Waals surface area contributed by atoms with Crippen LogP contribution in [0.3, 0.4) is 0 Å². The van der Waals surface area contributed by atoms with E-state index in [2.05, 4.69) is 43.5 Å². The fraction of sp³-hybridized carbons (Fsp3) is 0.357. The predicted octanol–water partition coefficient (Wildman–Crippen LogP) is 3.57. The van der Waals surface area contributed by atoms with Crippen LogP contribution in [-0.4, -0.2) is 11.5 Å². The maximum atomic E-state index is 5.59. The molecule has 0 saturated heterocycles. The minimum Gasteiger partial charge on any atom is -0.330 e. The lowest BCUT2D eigenvalue weighted by atomic mass is 10.1. The average Bonchev–Trinajstić information content (AvgIpc) is 2.79. The zero-order valence-electron chi connectivity index (χ0n) is 10.3. The molecule has 0 bridgehead atoms. The van der Waals surface area contributed by atoms with Crippen molar-refractivity contribution in [2.24, 2.45) is 5.73 Å². The lowest BCUT2D eigenvalue weighted by Gasteiger charge is -2.05. The van der Waals surface area contributed by atoms with E-state index in [0.717, 1.165) is 18.7 Å². The summed E-state index contributed by atoms with van der Waals surface area (Å²) in [4.78, 5) is 4.72. The molecule has 2 rings (SSSR count). The molecule has 0 aliphatic carbocycles. The van der Waals surface area contributed by atoms with Crippen LogP contribution in [0.15, 0.2) is 29.6 Å². The third kappa shape index (κ3) is 2.73. The molecule has 2 N–H and O–H groups in total. The lowest BCUT2D eigenvalue weighted by molar-refractivity contribution is 0.685. The largest absolute Gasteiger partial charge is 0.330 e. The molecule has 1 aromatic carbocycles. The third-order valence-electron chi connectivity index (χ3n) is 2.96. The fourth-order valence-corrected chi connectivity index (χ4v) is 2.78. The van der Waals surface area contributed by atoms with Crippen LogP contribution in [0.1, 0.15) is 29.8 Å². The van der Waals surface area contributed by atoms with Crippen LogP contribution in [0.5, 0.6) is 0 Å². The maximum Gasteiger partial charge on any atom is 0.0961 e. The van der Waals surface area contributed by atoms with E-state index in [1.54, 1.807) is 11.3 Å². The number of rotatable bonds is 4. The minimum absolute atomic E-state index is 0.461.